The Bertz CT molecular complexity index is 1570. The highest BCUT2D eigenvalue weighted by atomic mass is 35.5. The summed E-state index contributed by atoms with van der Waals surface area (Å²) in [5, 5.41) is 0.0348. The monoisotopic (exact) mass is 672 g/mol. The van der Waals surface area contributed by atoms with E-state index >= 15 is 0 Å². The first-order valence-corrected chi connectivity index (χ1v) is 18.7. The van der Waals surface area contributed by atoms with Gasteiger partial charge in [-0.15, -0.1) is 0 Å². The summed E-state index contributed by atoms with van der Waals surface area (Å²) in [7, 11) is -2.25. The lowest BCUT2D eigenvalue weighted by Crippen LogP contribution is -2.49. The molecule has 4 aliphatic rings. The minimum absolute atomic E-state index is 0. The summed E-state index contributed by atoms with van der Waals surface area (Å²) >= 11 is 6.44. The van der Waals surface area contributed by atoms with E-state index in [0.29, 0.717) is 55.8 Å². The lowest BCUT2D eigenvalue weighted by Gasteiger charge is -2.46. The van der Waals surface area contributed by atoms with Gasteiger partial charge in [-0.2, -0.15) is 0 Å². The normalized spacial score (nSPS) is 31.4. The van der Waals surface area contributed by atoms with E-state index in [-0.39, 0.29) is 18.9 Å². The lowest BCUT2D eigenvalue weighted by atomic mass is 9.68. The molecule has 2 aliphatic carbocycles. The van der Waals surface area contributed by atoms with Crippen LogP contribution >= 0.6 is 11.6 Å². The Morgan fingerprint density at radius 1 is 1.17 bits per heavy atom. The van der Waals surface area contributed by atoms with Gasteiger partial charge in [-0.1, -0.05) is 43.7 Å². The number of nitrogens with zero attached hydrogens (tertiary/aromatic N) is 1. The molecule has 0 aromatic heterocycles. The summed E-state index contributed by atoms with van der Waals surface area (Å²) in [4.78, 5) is 15.9. The van der Waals surface area contributed by atoms with Crippen molar-refractivity contribution >= 4 is 33.2 Å². The van der Waals surface area contributed by atoms with Crippen LogP contribution < -0.4 is 14.4 Å². The van der Waals surface area contributed by atoms with Gasteiger partial charge in [-0.3, -0.25) is 4.79 Å². The first kappa shape index (κ1) is 33.3. The lowest BCUT2D eigenvalue weighted by molar-refractivity contribution is -0.0309. The number of anilines is 1. The molecule has 2 heterocycles. The molecule has 252 valence electrons. The van der Waals surface area contributed by atoms with Crippen LogP contribution in [0.5, 0.6) is 5.75 Å². The first-order chi connectivity index (χ1) is 22.1. The van der Waals surface area contributed by atoms with E-state index in [1.165, 1.54) is 11.1 Å². The van der Waals surface area contributed by atoms with E-state index in [1.807, 2.05) is 32.0 Å². The molecular formula is C36H49ClN2O6S. The fraction of sp³-hybridized carbons (Fsp3) is 0.583. The van der Waals surface area contributed by atoms with Crippen LogP contribution in [0, 0.1) is 17.8 Å². The summed E-state index contributed by atoms with van der Waals surface area (Å²) in [5.74, 6) is 0.606. The fourth-order valence-corrected chi connectivity index (χ4v) is 10.0. The Balaban J connectivity index is 0.00000433. The van der Waals surface area contributed by atoms with Crippen LogP contribution in [0.1, 0.15) is 75.3 Å². The van der Waals surface area contributed by atoms with Gasteiger partial charge < -0.3 is 19.1 Å². The van der Waals surface area contributed by atoms with Crippen LogP contribution in [0.2, 0.25) is 5.02 Å². The highest BCUT2D eigenvalue weighted by Gasteiger charge is 2.44. The zero-order valence-electron chi connectivity index (χ0n) is 27.2. The Labute approximate surface area is 280 Å². The molecular weight excluding hydrogens is 624 g/mol. The number of rotatable bonds is 5. The minimum Gasteiger partial charge on any atom is -0.490 e. The number of nitrogens with one attached hydrogen (secondary N) is 1. The largest absolute Gasteiger partial charge is 0.490 e. The SMILES string of the molecule is CC[C@@H]1[C@@H](C)C/C=C/[C@H](OCCOC)[C@@H]2CC[C@H]2CN2C[C@@]3(CCCc4cc(Cl)ccc43)COc3ccc(cc32)C(=O)NS1(=O)=O.[HH]. The molecule has 2 aromatic carbocycles. The molecule has 6 atom stereocenters. The van der Waals surface area contributed by atoms with Crippen LogP contribution in [-0.2, 0) is 31.3 Å². The zero-order valence-corrected chi connectivity index (χ0v) is 28.7. The Kier molecular flexibility index (Phi) is 10.0. The van der Waals surface area contributed by atoms with E-state index in [4.69, 9.17) is 25.8 Å². The van der Waals surface area contributed by atoms with Gasteiger partial charge >= 0.3 is 0 Å². The molecule has 1 spiro atoms. The Morgan fingerprint density at radius 2 is 2.02 bits per heavy atom. The third kappa shape index (κ3) is 6.71. The number of carbonyl (C=O) groups excluding carboxylic acids is 1. The quantitative estimate of drug-likeness (QED) is 0.284. The molecule has 1 amide bonds. The van der Waals surface area contributed by atoms with Crippen molar-refractivity contribution in [2.75, 3.05) is 44.9 Å². The van der Waals surface area contributed by atoms with Crippen LogP contribution in [0.4, 0.5) is 5.69 Å². The van der Waals surface area contributed by atoms with E-state index in [9.17, 15) is 13.2 Å². The predicted molar refractivity (Wildman–Crippen MR) is 184 cm³/mol. The molecule has 2 bridgehead atoms. The zero-order chi connectivity index (χ0) is 32.5. The number of fused-ring (bicyclic) bond motifs is 4. The second-order valence-corrected chi connectivity index (χ2v) is 16.0. The van der Waals surface area contributed by atoms with Crippen LogP contribution in [0.25, 0.3) is 0 Å². The summed E-state index contributed by atoms with van der Waals surface area (Å²) in [6, 6.07) is 11.6. The molecule has 2 aromatic rings. The molecule has 6 rings (SSSR count). The molecule has 1 fully saturated rings. The molecule has 1 saturated carbocycles. The molecule has 0 saturated heterocycles. The number of benzene rings is 2. The number of methoxy groups -OCH3 is 1. The summed E-state index contributed by atoms with van der Waals surface area (Å²) in [6.45, 7) is 6.81. The van der Waals surface area contributed by atoms with Crippen molar-refractivity contribution in [3.05, 3.63) is 70.3 Å². The Morgan fingerprint density at radius 3 is 2.78 bits per heavy atom. The standard InChI is InChI=1S/C36H47ClN2O6S.H2/c1-4-34-24(2)7-5-9-32(44-18-17-43-3)29-13-10-27(29)21-39-22-36(16-6-8-25-19-28(37)12-14-30(25)36)23-45-33-15-11-26(20-31(33)39)35(40)38-46(34,41)42;/h5,9,11-12,14-15,19-20,24,27,29,32,34H,4,6-8,10,13,16-18,21-23H2,1-3H3,(H,38,40);1H/b9-5+;/t24-,27-,29+,32-,34+,36-;/m0./s1. The molecule has 2 aliphatic heterocycles. The number of sulfonamides is 1. The van der Waals surface area contributed by atoms with E-state index in [0.717, 1.165) is 55.9 Å². The molecule has 8 nitrogen and oxygen atoms in total. The van der Waals surface area contributed by atoms with Gasteiger partial charge in [0.2, 0.25) is 10.0 Å². The Hall–Kier alpha value is -2.59. The summed E-state index contributed by atoms with van der Waals surface area (Å²) in [6.07, 6.45) is 10.2. The molecule has 1 N–H and O–H groups in total. The number of carbonyl (C=O) groups is 1. The third-order valence-electron chi connectivity index (χ3n) is 10.8. The van der Waals surface area contributed by atoms with Gasteiger partial charge in [0, 0.05) is 37.6 Å². The van der Waals surface area contributed by atoms with Gasteiger partial charge in [-0.25, -0.2) is 13.1 Å². The van der Waals surface area contributed by atoms with Gasteiger partial charge in [-0.05, 0) is 104 Å². The number of amides is 1. The van der Waals surface area contributed by atoms with Crippen molar-refractivity contribution in [3.8, 4) is 5.75 Å². The van der Waals surface area contributed by atoms with Crippen molar-refractivity contribution in [1.29, 1.82) is 0 Å². The summed E-state index contributed by atoms with van der Waals surface area (Å²) in [5.41, 5.74) is 3.44. The van der Waals surface area contributed by atoms with Gasteiger partial charge in [0.05, 0.1) is 36.9 Å². The maximum atomic E-state index is 13.5. The van der Waals surface area contributed by atoms with Crippen molar-refractivity contribution in [2.45, 2.75) is 75.6 Å². The number of hydrogen-bond donors (Lipinski definition) is 1. The second-order valence-electron chi connectivity index (χ2n) is 13.7. The first-order valence-electron chi connectivity index (χ1n) is 16.8. The van der Waals surface area contributed by atoms with Crippen molar-refractivity contribution < 1.29 is 28.8 Å². The second kappa shape index (κ2) is 13.9. The molecule has 46 heavy (non-hydrogen) atoms. The average Bonchev–Trinajstić information content (AvgIpc) is 3.15. The van der Waals surface area contributed by atoms with Crippen LogP contribution in [0.3, 0.4) is 0 Å². The van der Waals surface area contributed by atoms with Crippen molar-refractivity contribution in [3.63, 3.8) is 0 Å². The van der Waals surface area contributed by atoms with Crippen LogP contribution in [0.15, 0.2) is 48.6 Å². The maximum absolute atomic E-state index is 13.5. The van der Waals surface area contributed by atoms with E-state index in [2.05, 4.69) is 33.9 Å². The van der Waals surface area contributed by atoms with Gasteiger partial charge in [0.25, 0.3) is 5.91 Å². The smallest absolute Gasteiger partial charge is 0.264 e. The topological polar surface area (TPSA) is 94.2 Å². The maximum Gasteiger partial charge on any atom is 0.264 e. The van der Waals surface area contributed by atoms with Crippen molar-refractivity contribution in [1.82, 2.24) is 4.72 Å². The van der Waals surface area contributed by atoms with E-state index < -0.39 is 21.2 Å². The highest BCUT2D eigenvalue weighted by Crippen LogP contribution is 2.47. The average molecular weight is 673 g/mol. The highest BCUT2D eigenvalue weighted by molar-refractivity contribution is 7.90. The molecule has 0 radical (unpaired) electrons. The predicted octanol–water partition coefficient (Wildman–Crippen LogP) is 6.55. The van der Waals surface area contributed by atoms with Gasteiger partial charge in [0.1, 0.15) is 5.75 Å². The number of halogens is 1. The van der Waals surface area contributed by atoms with Gasteiger partial charge in [0.15, 0.2) is 0 Å². The third-order valence-corrected chi connectivity index (χ3v) is 13.1. The summed E-state index contributed by atoms with van der Waals surface area (Å²) < 4.78 is 47.8. The fourth-order valence-electron chi connectivity index (χ4n) is 8.15. The minimum atomic E-state index is -3.93. The number of aryl methyl sites for hydroxylation is 1. The molecule has 0 unspecified atom stereocenters. The number of allylic oxidation sites excluding steroid dienone is 1. The number of hydrogen-bond acceptors (Lipinski definition) is 7. The number of ether oxygens (including phenoxy) is 3. The van der Waals surface area contributed by atoms with Crippen molar-refractivity contribution in [2.24, 2.45) is 17.8 Å². The van der Waals surface area contributed by atoms with Crippen LogP contribution in [-0.4, -0.2) is 65.7 Å². The molecule has 10 heteroatoms. The van der Waals surface area contributed by atoms with E-state index in [1.54, 1.807) is 13.2 Å².